The molecule has 0 aliphatic heterocycles. The second-order valence-corrected chi connectivity index (χ2v) is 2.95. The highest BCUT2D eigenvalue weighted by molar-refractivity contribution is 5.93. The number of hydroxylamine groups is 1. The zero-order valence-corrected chi connectivity index (χ0v) is 9.82. The first-order chi connectivity index (χ1) is 7.58. The molecule has 0 spiro atoms. The van der Waals surface area contributed by atoms with E-state index in [9.17, 15) is 9.59 Å². The molecule has 0 aliphatic rings. The van der Waals surface area contributed by atoms with Crippen molar-refractivity contribution in [3.8, 4) is 0 Å². The number of nitrogens with two attached hydrogens (primary N) is 1. The van der Waals surface area contributed by atoms with E-state index in [1.165, 1.54) is 16.4 Å². The Morgan fingerprint density at radius 1 is 1.65 bits per heavy atom. The summed E-state index contributed by atoms with van der Waals surface area (Å²) < 4.78 is 6.01. The van der Waals surface area contributed by atoms with Crippen molar-refractivity contribution in [3.05, 3.63) is 11.8 Å². The van der Waals surface area contributed by atoms with Crippen molar-refractivity contribution in [2.24, 2.45) is 0 Å². The van der Waals surface area contributed by atoms with E-state index in [-0.39, 0.29) is 36.9 Å². The monoisotopic (exact) mass is 264 g/mol. The first kappa shape index (κ1) is 15.2. The molecule has 0 bridgehead atoms. The number of aromatic amines is 1. The Balaban J connectivity index is 0.00000256. The number of rotatable bonds is 4. The van der Waals surface area contributed by atoms with E-state index in [0.717, 1.165) is 0 Å². The van der Waals surface area contributed by atoms with Gasteiger partial charge in [-0.25, -0.2) is 10.3 Å². The fraction of sp³-hybridized carbons (Fsp3) is 0.375. The van der Waals surface area contributed by atoms with E-state index in [4.69, 9.17) is 15.7 Å². The second kappa shape index (κ2) is 6.71. The topological polar surface area (TPSA) is 121 Å². The average Bonchev–Trinajstić information content (AvgIpc) is 2.59. The molecule has 0 saturated heterocycles. The molecule has 5 N–H and O–H groups in total. The minimum atomic E-state index is -0.637. The van der Waals surface area contributed by atoms with Gasteiger partial charge in [0.15, 0.2) is 11.4 Å². The van der Waals surface area contributed by atoms with Crippen molar-refractivity contribution in [2.75, 3.05) is 12.3 Å². The van der Waals surface area contributed by atoms with Gasteiger partial charge in [0.25, 0.3) is 6.54 Å². The zero-order chi connectivity index (χ0) is 12.1. The van der Waals surface area contributed by atoms with E-state index < -0.39 is 11.9 Å². The van der Waals surface area contributed by atoms with Crippen LogP contribution in [0.5, 0.6) is 0 Å². The van der Waals surface area contributed by atoms with Crippen LogP contribution in [0, 0.1) is 0 Å². The third-order valence-corrected chi connectivity index (χ3v) is 1.77. The fourth-order valence-electron chi connectivity index (χ4n) is 1.12. The van der Waals surface area contributed by atoms with Gasteiger partial charge in [0, 0.05) is 0 Å². The van der Waals surface area contributed by atoms with Gasteiger partial charge in [0.1, 0.15) is 0 Å². The second-order valence-electron chi connectivity index (χ2n) is 2.95. The number of aromatic nitrogens is 2. The molecule has 0 radical (unpaired) electrons. The van der Waals surface area contributed by atoms with Gasteiger partial charge >= 0.3 is 11.9 Å². The van der Waals surface area contributed by atoms with Crippen LogP contribution in [0.2, 0.25) is 0 Å². The number of carbonyl (C=O) groups is 2. The number of hydrogen-bond donors (Lipinski definition) is 4. The molecule has 1 aromatic heterocycles. The first-order valence-electron chi connectivity index (χ1n) is 4.56. The third-order valence-electron chi connectivity index (χ3n) is 1.77. The molecule has 9 heteroatoms. The fourth-order valence-corrected chi connectivity index (χ4v) is 1.12. The number of halogens is 1. The SMILES string of the molecule is CCOC(=O)c1c[n+](CC(=O)NO)[nH]c1N.[Cl-]. The van der Waals surface area contributed by atoms with E-state index in [1.807, 2.05) is 0 Å². The number of amides is 1. The lowest BCUT2D eigenvalue weighted by atomic mass is 10.3. The Hall–Kier alpha value is -1.80. The predicted molar refractivity (Wildman–Crippen MR) is 51.3 cm³/mol. The number of H-pyrrole nitrogens is 1. The highest BCUT2D eigenvalue weighted by Gasteiger charge is 2.21. The lowest BCUT2D eigenvalue weighted by Gasteiger charge is -1.95. The third kappa shape index (κ3) is 3.93. The summed E-state index contributed by atoms with van der Waals surface area (Å²) in [6, 6.07) is 0. The number of carbonyl (C=O) groups excluding carboxylic acids is 2. The average molecular weight is 265 g/mol. The van der Waals surface area contributed by atoms with Gasteiger partial charge in [-0.3, -0.25) is 10.0 Å². The van der Waals surface area contributed by atoms with Crippen molar-refractivity contribution in [2.45, 2.75) is 13.5 Å². The smallest absolute Gasteiger partial charge is 0.348 e. The van der Waals surface area contributed by atoms with Crippen LogP contribution >= 0.6 is 0 Å². The van der Waals surface area contributed by atoms with Crippen molar-refractivity contribution in [1.29, 1.82) is 0 Å². The summed E-state index contributed by atoms with van der Waals surface area (Å²) >= 11 is 0. The summed E-state index contributed by atoms with van der Waals surface area (Å²) in [7, 11) is 0. The molecular weight excluding hydrogens is 252 g/mol. The predicted octanol–water partition coefficient (Wildman–Crippen LogP) is -4.43. The number of nitrogen functional groups attached to an aromatic ring is 1. The van der Waals surface area contributed by atoms with Crippen molar-refractivity contribution >= 4 is 17.7 Å². The summed E-state index contributed by atoms with van der Waals surface area (Å²) in [5.41, 5.74) is 7.12. The van der Waals surface area contributed by atoms with Crippen molar-refractivity contribution < 1.29 is 36.6 Å². The van der Waals surface area contributed by atoms with E-state index in [1.54, 1.807) is 6.92 Å². The molecule has 0 aromatic carbocycles. The number of hydrogen-bond acceptors (Lipinski definition) is 5. The molecule has 1 amide bonds. The molecule has 1 aromatic rings. The Bertz CT molecular complexity index is 406. The number of nitrogens with one attached hydrogen (secondary N) is 2. The molecule has 17 heavy (non-hydrogen) atoms. The molecule has 8 nitrogen and oxygen atoms in total. The molecule has 0 saturated carbocycles. The summed E-state index contributed by atoms with van der Waals surface area (Å²) in [6.07, 6.45) is 1.34. The summed E-state index contributed by atoms with van der Waals surface area (Å²) in [5.74, 6) is -1.11. The van der Waals surface area contributed by atoms with Crippen LogP contribution in [0.3, 0.4) is 0 Å². The number of ether oxygens (including phenoxy) is 1. The summed E-state index contributed by atoms with van der Waals surface area (Å²) in [4.78, 5) is 22.2. The number of esters is 1. The van der Waals surface area contributed by atoms with Gasteiger partial charge in [0.05, 0.1) is 6.61 Å². The van der Waals surface area contributed by atoms with Crippen LogP contribution in [-0.4, -0.2) is 28.8 Å². The van der Waals surface area contributed by atoms with Gasteiger partial charge < -0.3 is 22.9 Å². The maximum Gasteiger partial charge on any atom is 0.348 e. The molecular formula is C8H13ClN4O4. The highest BCUT2D eigenvalue weighted by Crippen LogP contribution is 2.06. The summed E-state index contributed by atoms with van der Waals surface area (Å²) in [5, 5.41) is 10.9. The Labute approximate surface area is 103 Å². The van der Waals surface area contributed by atoms with Crippen LogP contribution in [0.4, 0.5) is 5.82 Å². The minimum Gasteiger partial charge on any atom is -1.00 e. The van der Waals surface area contributed by atoms with Crippen LogP contribution in [0.1, 0.15) is 17.3 Å². The van der Waals surface area contributed by atoms with E-state index >= 15 is 0 Å². The lowest BCUT2D eigenvalue weighted by Crippen LogP contribution is -3.00. The number of anilines is 1. The van der Waals surface area contributed by atoms with Gasteiger partial charge in [0.2, 0.25) is 6.20 Å². The van der Waals surface area contributed by atoms with Crippen molar-refractivity contribution in [3.63, 3.8) is 0 Å². The standard InChI is InChI=1S/C8H12N4O4.ClH/c1-2-16-8(14)5-3-12(10-7(5)9)4-6(13)11-15;/h3H,2,4H2,1H3,(H4,9,10,11,13,15);1H. The summed E-state index contributed by atoms with van der Waals surface area (Å²) in [6.45, 7) is 1.73. The Morgan fingerprint density at radius 2 is 2.29 bits per heavy atom. The quantitative estimate of drug-likeness (QED) is 0.189. The normalized spacial score (nSPS) is 9.29. The van der Waals surface area contributed by atoms with Gasteiger partial charge in [-0.15, -0.1) is 9.78 Å². The maximum absolute atomic E-state index is 11.3. The first-order valence-corrected chi connectivity index (χ1v) is 4.56. The molecule has 0 aliphatic carbocycles. The minimum absolute atomic E-state index is 0. The van der Waals surface area contributed by atoms with Gasteiger partial charge in [-0.05, 0) is 6.92 Å². The van der Waals surface area contributed by atoms with E-state index in [0.29, 0.717) is 0 Å². The Kier molecular flexibility index (Phi) is 6.00. The molecule has 0 fully saturated rings. The number of nitrogens with zero attached hydrogens (tertiary/aromatic N) is 1. The molecule has 96 valence electrons. The largest absolute Gasteiger partial charge is 1.00 e. The van der Waals surface area contributed by atoms with Gasteiger partial charge in [-0.1, -0.05) is 0 Å². The van der Waals surface area contributed by atoms with E-state index in [2.05, 4.69) is 5.10 Å². The zero-order valence-electron chi connectivity index (χ0n) is 9.07. The van der Waals surface area contributed by atoms with Gasteiger partial charge in [-0.2, -0.15) is 0 Å². The van der Waals surface area contributed by atoms with Crippen LogP contribution in [0.15, 0.2) is 6.20 Å². The molecule has 1 heterocycles. The Morgan fingerprint density at radius 3 is 2.82 bits per heavy atom. The lowest BCUT2D eigenvalue weighted by molar-refractivity contribution is -0.737. The van der Waals surface area contributed by atoms with Crippen LogP contribution < -0.4 is 28.3 Å². The molecule has 0 unspecified atom stereocenters. The molecule has 0 atom stereocenters. The van der Waals surface area contributed by atoms with Crippen LogP contribution in [0.25, 0.3) is 0 Å². The highest BCUT2D eigenvalue weighted by atomic mass is 35.5. The molecule has 1 rings (SSSR count). The van der Waals surface area contributed by atoms with Crippen molar-refractivity contribution in [1.82, 2.24) is 10.6 Å². The maximum atomic E-state index is 11.3. The van der Waals surface area contributed by atoms with Crippen LogP contribution in [-0.2, 0) is 16.1 Å².